The normalized spacial score (nSPS) is 10.4. The molecule has 2 aromatic rings. The first kappa shape index (κ1) is 17.4. The topological polar surface area (TPSA) is 83.4 Å². The van der Waals surface area contributed by atoms with Gasteiger partial charge in [0.1, 0.15) is 11.5 Å². The Labute approximate surface area is 144 Å². The van der Waals surface area contributed by atoms with E-state index in [1.54, 1.807) is 36.4 Å². The van der Waals surface area contributed by atoms with Crippen LogP contribution in [0.1, 0.15) is 18.4 Å². The molecule has 0 radical (unpaired) electrons. The second kappa shape index (κ2) is 8.07. The van der Waals surface area contributed by atoms with Crippen LogP contribution in [0.4, 0.5) is 11.4 Å². The standard InChI is InChI=1S/C17H17N3O3S/c1-11-3-8-15(23-11)9-10-16(22)20-17(24)19-14-6-4-13(5-7-14)18-12(2)21/h3-10H,1-2H3,(H,18,21)(H2,19,20,22,24)/b10-9+. The Morgan fingerprint density at radius 1 is 1.04 bits per heavy atom. The number of nitrogens with one attached hydrogen (secondary N) is 3. The van der Waals surface area contributed by atoms with E-state index in [0.29, 0.717) is 17.1 Å². The monoisotopic (exact) mass is 343 g/mol. The highest BCUT2D eigenvalue weighted by Gasteiger charge is 2.03. The van der Waals surface area contributed by atoms with Crippen LogP contribution < -0.4 is 16.0 Å². The van der Waals surface area contributed by atoms with E-state index in [1.807, 2.05) is 13.0 Å². The first-order valence-corrected chi connectivity index (χ1v) is 7.57. The van der Waals surface area contributed by atoms with Crippen molar-refractivity contribution >= 4 is 46.6 Å². The van der Waals surface area contributed by atoms with Crippen LogP contribution in [0.15, 0.2) is 46.9 Å². The largest absolute Gasteiger partial charge is 0.462 e. The highest BCUT2D eigenvalue weighted by Crippen LogP contribution is 2.13. The molecule has 24 heavy (non-hydrogen) atoms. The predicted octanol–water partition coefficient (Wildman–Crippen LogP) is 3.07. The van der Waals surface area contributed by atoms with E-state index in [0.717, 1.165) is 5.76 Å². The quantitative estimate of drug-likeness (QED) is 0.587. The third-order valence-corrected chi connectivity index (χ3v) is 3.06. The molecule has 124 valence electrons. The van der Waals surface area contributed by atoms with Gasteiger partial charge in [-0.25, -0.2) is 0 Å². The summed E-state index contributed by atoms with van der Waals surface area (Å²) in [5.74, 6) is 0.860. The molecule has 2 amide bonds. The first-order chi connectivity index (χ1) is 11.4. The fourth-order valence-corrected chi connectivity index (χ4v) is 2.08. The minimum atomic E-state index is -0.364. The van der Waals surface area contributed by atoms with Crippen molar-refractivity contribution in [1.82, 2.24) is 5.32 Å². The van der Waals surface area contributed by atoms with Gasteiger partial charge in [0, 0.05) is 24.4 Å². The van der Waals surface area contributed by atoms with E-state index in [2.05, 4.69) is 16.0 Å². The molecule has 1 aromatic carbocycles. The van der Waals surface area contributed by atoms with Crippen LogP contribution in [-0.4, -0.2) is 16.9 Å². The van der Waals surface area contributed by atoms with Crippen LogP contribution in [0.5, 0.6) is 0 Å². The fraction of sp³-hybridized carbons (Fsp3) is 0.118. The van der Waals surface area contributed by atoms with Gasteiger partial charge in [-0.15, -0.1) is 0 Å². The maximum absolute atomic E-state index is 11.8. The zero-order chi connectivity index (χ0) is 17.5. The molecule has 6 nitrogen and oxygen atoms in total. The maximum Gasteiger partial charge on any atom is 0.250 e. The molecule has 0 bridgehead atoms. The second-order valence-electron chi connectivity index (χ2n) is 4.98. The summed E-state index contributed by atoms with van der Waals surface area (Å²) in [5.41, 5.74) is 1.37. The summed E-state index contributed by atoms with van der Waals surface area (Å²) in [4.78, 5) is 22.7. The van der Waals surface area contributed by atoms with E-state index in [-0.39, 0.29) is 16.9 Å². The van der Waals surface area contributed by atoms with E-state index in [1.165, 1.54) is 13.0 Å². The summed E-state index contributed by atoms with van der Waals surface area (Å²) < 4.78 is 5.33. The molecule has 1 aromatic heterocycles. The molecule has 1 heterocycles. The SMILES string of the molecule is CC(=O)Nc1ccc(NC(=S)NC(=O)/C=C/c2ccc(C)o2)cc1. The van der Waals surface area contributed by atoms with Gasteiger partial charge in [-0.3, -0.25) is 14.9 Å². The Morgan fingerprint density at radius 2 is 1.67 bits per heavy atom. The highest BCUT2D eigenvalue weighted by molar-refractivity contribution is 7.80. The number of thiocarbonyl (C=S) groups is 1. The Morgan fingerprint density at radius 3 is 2.21 bits per heavy atom. The summed E-state index contributed by atoms with van der Waals surface area (Å²) in [6, 6.07) is 10.5. The number of carbonyl (C=O) groups excluding carboxylic acids is 2. The number of rotatable bonds is 4. The summed E-state index contributed by atoms with van der Waals surface area (Å²) in [5, 5.41) is 8.26. The molecule has 0 saturated heterocycles. The average molecular weight is 343 g/mol. The molecule has 0 unspecified atom stereocenters. The molecule has 0 spiro atoms. The number of aryl methyl sites for hydroxylation is 1. The Balaban J connectivity index is 1.84. The van der Waals surface area contributed by atoms with Gasteiger partial charge in [-0.2, -0.15) is 0 Å². The molecule has 0 aliphatic heterocycles. The number of benzene rings is 1. The van der Waals surface area contributed by atoms with Crippen molar-refractivity contribution in [3.05, 3.63) is 54.0 Å². The molecule has 0 fully saturated rings. The summed E-state index contributed by atoms with van der Waals surface area (Å²) in [6.07, 6.45) is 2.90. The molecule has 0 atom stereocenters. The number of amides is 2. The number of carbonyl (C=O) groups is 2. The Bertz CT molecular complexity index is 779. The van der Waals surface area contributed by atoms with Crippen LogP contribution >= 0.6 is 12.2 Å². The van der Waals surface area contributed by atoms with E-state index in [9.17, 15) is 9.59 Å². The zero-order valence-electron chi connectivity index (χ0n) is 13.3. The third kappa shape index (κ3) is 5.69. The van der Waals surface area contributed by atoms with Crippen molar-refractivity contribution in [2.45, 2.75) is 13.8 Å². The third-order valence-electron chi connectivity index (χ3n) is 2.86. The second-order valence-corrected chi connectivity index (χ2v) is 5.39. The lowest BCUT2D eigenvalue weighted by Crippen LogP contribution is -2.32. The average Bonchev–Trinajstić information content (AvgIpc) is 2.92. The van der Waals surface area contributed by atoms with E-state index in [4.69, 9.17) is 16.6 Å². The molecule has 7 heteroatoms. The van der Waals surface area contributed by atoms with E-state index >= 15 is 0 Å². The minimum absolute atomic E-state index is 0.142. The lowest BCUT2D eigenvalue weighted by Gasteiger charge is -2.09. The van der Waals surface area contributed by atoms with Crippen LogP contribution in [0.25, 0.3) is 6.08 Å². The number of furan rings is 1. The Hall–Kier alpha value is -2.93. The molecular weight excluding hydrogens is 326 g/mol. The van der Waals surface area contributed by atoms with Crippen molar-refractivity contribution in [3.8, 4) is 0 Å². The summed E-state index contributed by atoms with van der Waals surface area (Å²) >= 11 is 5.08. The van der Waals surface area contributed by atoms with Gasteiger partial charge < -0.3 is 15.1 Å². The van der Waals surface area contributed by atoms with Gasteiger partial charge in [0.25, 0.3) is 0 Å². The van der Waals surface area contributed by atoms with Crippen LogP contribution in [0.3, 0.4) is 0 Å². The molecule has 2 rings (SSSR count). The van der Waals surface area contributed by atoms with Crippen molar-refractivity contribution in [2.24, 2.45) is 0 Å². The van der Waals surface area contributed by atoms with Gasteiger partial charge in [0.05, 0.1) is 0 Å². The van der Waals surface area contributed by atoms with Crippen molar-refractivity contribution < 1.29 is 14.0 Å². The van der Waals surface area contributed by atoms with Crippen LogP contribution in [0.2, 0.25) is 0 Å². The lowest BCUT2D eigenvalue weighted by atomic mass is 10.3. The molecular formula is C17H17N3O3S. The van der Waals surface area contributed by atoms with Crippen LogP contribution in [0, 0.1) is 6.92 Å². The zero-order valence-corrected chi connectivity index (χ0v) is 14.1. The van der Waals surface area contributed by atoms with Crippen molar-refractivity contribution in [3.63, 3.8) is 0 Å². The molecule has 0 saturated carbocycles. The smallest absolute Gasteiger partial charge is 0.250 e. The number of anilines is 2. The van der Waals surface area contributed by atoms with Crippen LogP contribution in [-0.2, 0) is 9.59 Å². The maximum atomic E-state index is 11.8. The molecule has 0 aliphatic carbocycles. The van der Waals surface area contributed by atoms with Gasteiger partial charge in [-0.1, -0.05) is 0 Å². The predicted molar refractivity (Wildman–Crippen MR) is 97.6 cm³/mol. The number of hydrogen-bond donors (Lipinski definition) is 3. The first-order valence-electron chi connectivity index (χ1n) is 7.16. The minimum Gasteiger partial charge on any atom is -0.462 e. The van der Waals surface area contributed by atoms with E-state index < -0.39 is 0 Å². The fourth-order valence-electron chi connectivity index (χ4n) is 1.86. The van der Waals surface area contributed by atoms with Gasteiger partial charge in [0.2, 0.25) is 11.8 Å². The van der Waals surface area contributed by atoms with Crippen molar-refractivity contribution in [1.29, 1.82) is 0 Å². The van der Waals surface area contributed by atoms with Crippen molar-refractivity contribution in [2.75, 3.05) is 10.6 Å². The summed E-state index contributed by atoms with van der Waals surface area (Å²) in [6.45, 7) is 3.27. The highest BCUT2D eigenvalue weighted by atomic mass is 32.1. The molecule has 3 N–H and O–H groups in total. The van der Waals surface area contributed by atoms with Gasteiger partial charge >= 0.3 is 0 Å². The van der Waals surface area contributed by atoms with Gasteiger partial charge in [-0.05, 0) is 61.6 Å². The lowest BCUT2D eigenvalue weighted by molar-refractivity contribution is -0.115. The number of hydrogen-bond acceptors (Lipinski definition) is 4. The summed E-state index contributed by atoms with van der Waals surface area (Å²) in [7, 11) is 0. The Kier molecular flexibility index (Phi) is 5.86. The van der Waals surface area contributed by atoms with Gasteiger partial charge in [0.15, 0.2) is 5.11 Å². The molecule has 0 aliphatic rings.